The zero-order chi connectivity index (χ0) is 11.3. The van der Waals surface area contributed by atoms with Crippen LogP contribution >= 0.6 is 0 Å². The van der Waals surface area contributed by atoms with Gasteiger partial charge in [-0.25, -0.2) is 0 Å². The monoisotopic (exact) mass is 202 g/mol. The maximum Gasteiger partial charge on any atom is 0.0370 e. The Balaban J connectivity index is 2.95. The molecule has 0 saturated heterocycles. The Morgan fingerprint density at radius 1 is 1.47 bits per heavy atom. The van der Waals surface area contributed by atoms with Gasteiger partial charge in [0, 0.05) is 31.4 Å². The Hall–Kier alpha value is -1.54. The molecule has 0 saturated carbocycles. The minimum Gasteiger partial charge on any atom is -0.373 e. The highest BCUT2D eigenvalue weighted by Gasteiger charge is 2.06. The molecule has 0 bridgehead atoms. The average Bonchev–Trinajstić information content (AvgIpc) is 2.28. The van der Waals surface area contributed by atoms with E-state index in [2.05, 4.69) is 18.1 Å². The number of benzene rings is 1. The van der Waals surface area contributed by atoms with Crippen molar-refractivity contribution in [1.29, 1.82) is 0 Å². The summed E-state index contributed by atoms with van der Waals surface area (Å²) < 4.78 is 0. The molecule has 80 valence electrons. The van der Waals surface area contributed by atoms with E-state index < -0.39 is 0 Å². The van der Waals surface area contributed by atoms with E-state index in [4.69, 9.17) is 5.73 Å². The highest BCUT2D eigenvalue weighted by Crippen LogP contribution is 2.20. The molecular formula is C13H18N2. The molecule has 0 fully saturated rings. The average molecular weight is 202 g/mol. The first-order chi connectivity index (χ1) is 7.20. The van der Waals surface area contributed by atoms with Crippen molar-refractivity contribution in [3.05, 3.63) is 48.6 Å². The van der Waals surface area contributed by atoms with Gasteiger partial charge in [-0.1, -0.05) is 43.5 Å². The Morgan fingerprint density at radius 3 is 2.73 bits per heavy atom. The summed E-state index contributed by atoms with van der Waals surface area (Å²) in [5.74, 6) is 0. The third-order valence-electron chi connectivity index (χ3n) is 2.42. The van der Waals surface area contributed by atoms with Crippen LogP contribution in [0.5, 0.6) is 0 Å². The van der Waals surface area contributed by atoms with Gasteiger partial charge in [-0.3, -0.25) is 0 Å². The lowest BCUT2D eigenvalue weighted by Gasteiger charge is -2.22. The summed E-state index contributed by atoms with van der Waals surface area (Å²) in [7, 11) is 2.00. The smallest absolute Gasteiger partial charge is 0.0370 e. The molecule has 2 nitrogen and oxygen atoms in total. The summed E-state index contributed by atoms with van der Waals surface area (Å²) >= 11 is 0. The van der Waals surface area contributed by atoms with Gasteiger partial charge in [0.25, 0.3) is 0 Å². The molecule has 0 aliphatic carbocycles. The van der Waals surface area contributed by atoms with E-state index in [9.17, 15) is 0 Å². The van der Waals surface area contributed by atoms with Gasteiger partial charge in [-0.05, 0) is 5.56 Å². The molecule has 0 unspecified atom stereocenters. The van der Waals surface area contributed by atoms with E-state index in [-0.39, 0.29) is 0 Å². The maximum absolute atomic E-state index is 5.51. The molecule has 0 heterocycles. The molecule has 0 amide bonds. The first kappa shape index (κ1) is 11.5. The molecule has 1 aromatic carbocycles. The Kier molecular flexibility index (Phi) is 4.13. The predicted molar refractivity (Wildman–Crippen MR) is 67.3 cm³/mol. The highest BCUT2D eigenvalue weighted by atomic mass is 15.1. The van der Waals surface area contributed by atoms with E-state index in [0.29, 0.717) is 6.54 Å². The number of rotatable bonds is 5. The van der Waals surface area contributed by atoms with Crippen molar-refractivity contribution in [2.75, 3.05) is 20.1 Å². The number of likely N-dealkylation sites (N-methyl/N-ethyl adjacent to an activating group) is 1. The van der Waals surface area contributed by atoms with E-state index in [1.54, 1.807) is 0 Å². The maximum atomic E-state index is 5.51. The Labute approximate surface area is 91.7 Å². The van der Waals surface area contributed by atoms with Crippen LogP contribution in [0, 0.1) is 0 Å². The molecular weight excluding hydrogens is 184 g/mol. The molecule has 0 spiro atoms. The van der Waals surface area contributed by atoms with Crippen LogP contribution in [-0.2, 0) is 0 Å². The summed E-state index contributed by atoms with van der Waals surface area (Å²) in [6.07, 6.45) is 1.84. The van der Waals surface area contributed by atoms with Crippen LogP contribution in [-0.4, -0.2) is 25.0 Å². The predicted octanol–water partition coefficient (Wildman–Crippen LogP) is 2.19. The number of nitrogens with two attached hydrogens (primary N) is 1. The van der Waals surface area contributed by atoms with Gasteiger partial charge >= 0.3 is 0 Å². The fraction of sp³-hybridized carbons (Fsp3) is 0.231. The lowest BCUT2D eigenvalue weighted by atomic mass is 10.0. The van der Waals surface area contributed by atoms with Gasteiger partial charge < -0.3 is 10.6 Å². The van der Waals surface area contributed by atoms with Crippen molar-refractivity contribution < 1.29 is 0 Å². The quantitative estimate of drug-likeness (QED) is 0.793. The van der Waals surface area contributed by atoms with Gasteiger partial charge in [-0.15, -0.1) is 0 Å². The molecule has 0 aromatic heterocycles. The molecule has 0 atom stereocenters. The molecule has 0 radical (unpaired) electrons. The van der Waals surface area contributed by atoms with Crippen LogP contribution in [0.15, 0.2) is 37.4 Å². The highest BCUT2D eigenvalue weighted by molar-refractivity contribution is 5.71. The Morgan fingerprint density at radius 2 is 2.13 bits per heavy atom. The van der Waals surface area contributed by atoms with E-state index in [0.717, 1.165) is 23.4 Å². The third kappa shape index (κ3) is 2.70. The molecule has 2 heteroatoms. The second-order valence-electron chi connectivity index (χ2n) is 3.45. The summed E-state index contributed by atoms with van der Waals surface area (Å²) in [5, 5.41) is 0. The molecule has 0 aliphatic heterocycles. The number of hydrogen-bond acceptors (Lipinski definition) is 2. The molecule has 15 heavy (non-hydrogen) atoms. The summed E-state index contributed by atoms with van der Waals surface area (Å²) in [5.41, 5.74) is 8.71. The van der Waals surface area contributed by atoms with Gasteiger partial charge in [0.05, 0.1) is 0 Å². The van der Waals surface area contributed by atoms with Gasteiger partial charge in [0.15, 0.2) is 0 Å². The van der Waals surface area contributed by atoms with Crippen molar-refractivity contribution >= 4 is 11.8 Å². The van der Waals surface area contributed by atoms with Gasteiger partial charge in [0.1, 0.15) is 0 Å². The van der Waals surface area contributed by atoms with Crippen LogP contribution in [0.1, 0.15) is 11.1 Å². The van der Waals surface area contributed by atoms with E-state index in [1.807, 2.05) is 37.4 Å². The first-order valence-electron chi connectivity index (χ1n) is 5.02. The summed E-state index contributed by atoms with van der Waals surface area (Å²) in [4.78, 5) is 2.06. The normalized spacial score (nSPS) is 9.73. The second kappa shape index (κ2) is 5.37. The first-order valence-corrected chi connectivity index (χ1v) is 5.02. The largest absolute Gasteiger partial charge is 0.373 e. The van der Waals surface area contributed by atoms with Crippen molar-refractivity contribution in [3.8, 4) is 0 Å². The fourth-order valence-electron chi connectivity index (χ4n) is 1.47. The van der Waals surface area contributed by atoms with Gasteiger partial charge in [0.2, 0.25) is 0 Å². The van der Waals surface area contributed by atoms with E-state index in [1.165, 1.54) is 0 Å². The molecule has 1 aromatic rings. The molecule has 1 rings (SSSR count). The van der Waals surface area contributed by atoms with E-state index >= 15 is 0 Å². The topological polar surface area (TPSA) is 29.3 Å². The van der Waals surface area contributed by atoms with Crippen LogP contribution in [0.25, 0.3) is 11.8 Å². The van der Waals surface area contributed by atoms with Crippen molar-refractivity contribution in [1.82, 2.24) is 4.90 Å². The Bertz CT molecular complexity index is 355. The lowest BCUT2D eigenvalue weighted by molar-refractivity contribution is 0.492. The minimum absolute atomic E-state index is 0.631. The number of nitrogens with zero attached hydrogens (tertiary/aromatic N) is 1. The summed E-state index contributed by atoms with van der Waals surface area (Å²) in [6.45, 7) is 9.31. The SMILES string of the molecule is C=Cc1ccccc1C(=C)N(C)CCN. The van der Waals surface area contributed by atoms with Crippen molar-refractivity contribution in [2.45, 2.75) is 0 Å². The zero-order valence-electron chi connectivity index (χ0n) is 9.24. The third-order valence-corrected chi connectivity index (χ3v) is 2.42. The van der Waals surface area contributed by atoms with Crippen molar-refractivity contribution in [3.63, 3.8) is 0 Å². The molecule has 0 aliphatic rings. The van der Waals surface area contributed by atoms with Gasteiger partial charge in [-0.2, -0.15) is 0 Å². The lowest BCUT2D eigenvalue weighted by Crippen LogP contribution is -2.24. The summed E-state index contributed by atoms with van der Waals surface area (Å²) in [6, 6.07) is 8.08. The second-order valence-corrected chi connectivity index (χ2v) is 3.45. The van der Waals surface area contributed by atoms with Crippen LogP contribution in [0.3, 0.4) is 0 Å². The van der Waals surface area contributed by atoms with Crippen molar-refractivity contribution in [2.24, 2.45) is 5.73 Å². The molecule has 2 N–H and O–H groups in total. The standard InChI is InChI=1S/C13H18N2/c1-4-12-7-5-6-8-13(12)11(2)15(3)10-9-14/h4-8H,1-2,9-10,14H2,3H3. The van der Waals surface area contributed by atoms with Crippen LogP contribution in [0.4, 0.5) is 0 Å². The van der Waals surface area contributed by atoms with Crippen LogP contribution < -0.4 is 5.73 Å². The fourth-order valence-corrected chi connectivity index (χ4v) is 1.47. The minimum atomic E-state index is 0.631. The van der Waals surface area contributed by atoms with Crippen LogP contribution in [0.2, 0.25) is 0 Å². The zero-order valence-corrected chi connectivity index (χ0v) is 9.24. The number of hydrogen-bond donors (Lipinski definition) is 1.